The Kier molecular flexibility index (Phi) is 4.99. The lowest BCUT2D eigenvalue weighted by molar-refractivity contribution is 0.0224. The van der Waals surface area contributed by atoms with Gasteiger partial charge in [0.2, 0.25) is 0 Å². The smallest absolute Gasteiger partial charge is 0.340 e. The Balaban J connectivity index is 1.58. The number of phenols is 2. The van der Waals surface area contributed by atoms with Crippen LogP contribution in [0.5, 0.6) is 23.0 Å². The average molecular weight is 458 g/mol. The molecule has 1 amide bonds. The van der Waals surface area contributed by atoms with Crippen molar-refractivity contribution in [3.05, 3.63) is 92.9 Å². The van der Waals surface area contributed by atoms with E-state index in [-0.39, 0.29) is 46.6 Å². The summed E-state index contributed by atoms with van der Waals surface area (Å²) < 4.78 is 11.9. The second-order valence-corrected chi connectivity index (χ2v) is 7.86. The molecule has 0 saturated carbocycles. The van der Waals surface area contributed by atoms with E-state index in [4.69, 9.17) is 15.0 Å². The molecular formula is C24H18N4O6. The number of hydrogen-bond donors (Lipinski definition) is 3. The SMILES string of the molecule is [N-]=[N+]=NCCCNC(=O)c1ccc2c(c1)C(=O)OC21c2ccc(O)cc2Oc2cc(O)ccc21. The normalized spacial score (nSPS) is 14.2. The number of nitrogens with zero attached hydrogens (tertiary/aromatic N) is 3. The maximum atomic E-state index is 13.1. The summed E-state index contributed by atoms with van der Waals surface area (Å²) in [4.78, 5) is 28.3. The van der Waals surface area contributed by atoms with Gasteiger partial charge >= 0.3 is 5.97 Å². The first kappa shape index (κ1) is 21.2. The van der Waals surface area contributed by atoms with E-state index in [1.807, 2.05) is 0 Å². The zero-order chi connectivity index (χ0) is 23.9. The van der Waals surface area contributed by atoms with Crippen molar-refractivity contribution in [2.24, 2.45) is 5.11 Å². The van der Waals surface area contributed by atoms with Gasteiger partial charge in [0.15, 0.2) is 5.60 Å². The van der Waals surface area contributed by atoms with Crippen LogP contribution in [0.4, 0.5) is 0 Å². The number of esters is 1. The number of nitrogens with one attached hydrogen (secondary N) is 1. The number of benzene rings is 3. The van der Waals surface area contributed by atoms with Crippen LogP contribution in [0.15, 0.2) is 59.7 Å². The summed E-state index contributed by atoms with van der Waals surface area (Å²) in [5.41, 5.74) is 8.97. The number of fused-ring (bicyclic) bond motifs is 6. The topological polar surface area (TPSA) is 154 Å². The van der Waals surface area contributed by atoms with Crippen LogP contribution >= 0.6 is 0 Å². The van der Waals surface area contributed by atoms with Crippen molar-refractivity contribution in [1.29, 1.82) is 0 Å². The Morgan fingerprint density at radius 3 is 2.29 bits per heavy atom. The maximum Gasteiger partial charge on any atom is 0.340 e. The minimum Gasteiger partial charge on any atom is -0.508 e. The first-order valence-electron chi connectivity index (χ1n) is 10.5. The Labute approximate surface area is 193 Å². The van der Waals surface area contributed by atoms with E-state index in [1.54, 1.807) is 24.3 Å². The fraction of sp³-hybridized carbons (Fsp3) is 0.167. The number of ether oxygens (including phenoxy) is 2. The quantitative estimate of drug-likeness (QED) is 0.172. The van der Waals surface area contributed by atoms with Crippen molar-refractivity contribution in [3.8, 4) is 23.0 Å². The van der Waals surface area contributed by atoms with Crippen molar-refractivity contribution in [3.63, 3.8) is 0 Å². The fourth-order valence-corrected chi connectivity index (χ4v) is 4.35. The number of carbonyl (C=O) groups excluding carboxylic acids is 2. The Bertz CT molecular complexity index is 1340. The van der Waals surface area contributed by atoms with E-state index in [0.29, 0.717) is 29.7 Å². The standard InChI is InChI=1S/C24H18N4O6/c25-28-27-9-1-8-26-22(31)13-2-5-17-16(10-13)23(32)34-24(17)18-6-3-14(29)11-20(18)33-21-12-15(30)4-7-19(21)24/h2-7,10-12,29-30H,1,8-9H2,(H,26,31). The van der Waals surface area contributed by atoms with E-state index in [9.17, 15) is 19.8 Å². The molecule has 1 spiro atoms. The number of carbonyl (C=O) groups is 2. The van der Waals surface area contributed by atoms with Crippen LogP contribution < -0.4 is 10.1 Å². The number of amides is 1. The second-order valence-electron chi connectivity index (χ2n) is 7.86. The highest BCUT2D eigenvalue weighted by atomic mass is 16.6. The minimum atomic E-state index is -1.37. The average Bonchev–Trinajstić information content (AvgIpc) is 3.10. The Hall–Kier alpha value is -4.69. The van der Waals surface area contributed by atoms with Crippen LogP contribution in [0.2, 0.25) is 0 Å². The third-order valence-electron chi connectivity index (χ3n) is 5.82. The monoisotopic (exact) mass is 458 g/mol. The molecule has 0 aliphatic carbocycles. The molecule has 0 radical (unpaired) electrons. The van der Waals surface area contributed by atoms with Crippen molar-refractivity contribution in [2.45, 2.75) is 12.0 Å². The summed E-state index contributed by atoms with van der Waals surface area (Å²) in [5, 5.41) is 26.1. The molecule has 2 heterocycles. The molecule has 3 N–H and O–H groups in total. The number of aromatic hydroxyl groups is 2. The van der Waals surface area contributed by atoms with E-state index in [0.717, 1.165) is 0 Å². The van der Waals surface area contributed by atoms with Gasteiger partial charge in [0, 0.05) is 52.4 Å². The van der Waals surface area contributed by atoms with Gasteiger partial charge in [0.25, 0.3) is 5.91 Å². The molecule has 3 aromatic rings. The number of rotatable bonds is 5. The van der Waals surface area contributed by atoms with Gasteiger partial charge in [-0.05, 0) is 48.4 Å². The van der Waals surface area contributed by atoms with Crippen LogP contribution in [0.25, 0.3) is 10.4 Å². The number of hydrogen-bond acceptors (Lipinski definition) is 7. The third-order valence-corrected chi connectivity index (χ3v) is 5.82. The number of phenolic OH excluding ortho intramolecular Hbond substituents is 2. The molecule has 2 aliphatic rings. The summed E-state index contributed by atoms with van der Waals surface area (Å²) in [6.45, 7) is 0.580. The zero-order valence-corrected chi connectivity index (χ0v) is 17.7. The molecule has 10 nitrogen and oxygen atoms in total. The molecule has 5 rings (SSSR count). The molecule has 0 fully saturated rings. The van der Waals surface area contributed by atoms with Crippen molar-refractivity contribution < 1.29 is 29.3 Å². The third kappa shape index (κ3) is 3.25. The van der Waals surface area contributed by atoms with E-state index in [1.165, 1.54) is 30.3 Å². The largest absolute Gasteiger partial charge is 0.508 e. The van der Waals surface area contributed by atoms with Crippen LogP contribution in [0.3, 0.4) is 0 Å². The molecule has 0 bridgehead atoms. The van der Waals surface area contributed by atoms with Gasteiger partial charge in [-0.3, -0.25) is 4.79 Å². The molecule has 170 valence electrons. The van der Waals surface area contributed by atoms with E-state index in [2.05, 4.69) is 15.3 Å². The van der Waals surface area contributed by atoms with Crippen LogP contribution in [0, 0.1) is 0 Å². The highest BCUT2D eigenvalue weighted by Crippen LogP contribution is 2.57. The van der Waals surface area contributed by atoms with Crippen LogP contribution in [0.1, 0.15) is 43.8 Å². The molecule has 2 aliphatic heterocycles. The summed E-state index contributed by atoms with van der Waals surface area (Å²) in [6.07, 6.45) is 0.485. The predicted octanol–water partition coefficient (Wildman–Crippen LogP) is 4.10. The molecule has 3 aromatic carbocycles. The fourth-order valence-electron chi connectivity index (χ4n) is 4.35. The number of azide groups is 1. The maximum absolute atomic E-state index is 13.1. The summed E-state index contributed by atoms with van der Waals surface area (Å²) in [6, 6.07) is 13.7. The van der Waals surface area contributed by atoms with Gasteiger partial charge in [-0.2, -0.15) is 0 Å². The van der Waals surface area contributed by atoms with Gasteiger partial charge in [0.1, 0.15) is 23.0 Å². The van der Waals surface area contributed by atoms with Crippen molar-refractivity contribution >= 4 is 11.9 Å². The lowest BCUT2D eigenvalue weighted by Crippen LogP contribution is -2.33. The molecule has 0 unspecified atom stereocenters. The summed E-state index contributed by atoms with van der Waals surface area (Å²) in [7, 11) is 0. The molecule has 34 heavy (non-hydrogen) atoms. The summed E-state index contributed by atoms with van der Waals surface area (Å²) in [5.74, 6) is -0.502. The van der Waals surface area contributed by atoms with E-state index < -0.39 is 11.6 Å². The summed E-state index contributed by atoms with van der Waals surface area (Å²) >= 11 is 0. The van der Waals surface area contributed by atoms with Crippen LogP contribution in [-0.4, -0.2) is 35.2 Å². The highest BCUT2D eigenvalue weighted by Gasteiger charge is 2.53. The Morgan fingerprint density at radius 1 is 1.00 bits per heavy atom. The van der Waals surface area contributed by atoms with Crippen LogP contribution in [-0.2, 0) is 10.3 Å². The molecule has 0 atom stereocenters. The van der Waals surface area contributed by atoms with Crippen molar-refractivity contribution in [2.75, 3.05) is 13.1 Å². The molecule has 0 aromatic heterocycles. The first-order valence-corrected chi connectivity index (χ1v) is 10.5. The first-order chi connectivity index (χ1) is 16.4. The van der Waals surface area contributed by atoms with Crippen molar-refractivity contribution in [1.82, 2.24) is 5.32 Å². The zero-order valence-electron chi connectivity index (χ0n) is 17.7. The lowest BCUT2D eigenvalue weighted by Gasteiger charge is -2.36. The van der Waals surface area contributed by atoms with Gasteiger partial charge in [-0.25, -0.2) is 4.79 Å². The Morgan fingerprint density at radius 2 is 1.65 bits per heavy atom. The van der Waals surface area contributed by atoms with Gasteiger partial charge in [0.05, 0.1) is 5.56 Å². The van der Waals surface area contributed by atoms with E-state index >= 15 is 0 Å². The minimum absolute atomic E-state index is 0.0328. The van der Waals surface area contributed by atoms with Gasteiger partial charge in [-0.15, -0.1) is 0 Å². The second kappa shape index (κ2) is 8.02. The molecule has 0 saturated heterocycles. The van der Waals surface area contributed by atoms with Gasteiger partial charge in [-0.1, -0.05) is 11.2 Å². The highest BCUT2D eigenvalue weighted by molar-refractivity contribution is 6.01. The molecular weight excluding hydrogens is 440 g/mol. The lowest BCUT2D eigenvalue weighted by atomic mass is 9.77. The predicted molar refractivity (Wildman–Crippen MR) is 119 cm³/mol. The molecule has 10 heteroatoms. The van der Waals surface area contributed by atoms with Gasteiger partial charge < -0.3 is 25.0 Å².